The zero-order valence-corrected chi connectivity index (χ0v) is 16.9. The highest BCUT2D eigenvalue weighted by molar-refractivity contribution is 7.08. The molecule has 3 aromatic heterocycles. The maximum Gasteiger partial charge on any atom is 0.490 e. The fourth-order valence-electron chi connectivity index (χ4n) is 3.12. The van der Waals surface area contributed by atoms with Gasteiger partial charge in [0.1, 0.15) is 5.69 Å². The van der Waals surface area contributed by atoms with Crippen molar-refractivity contribution in [2.45, 2.75) is 38.5 Å². The van der Waals surface area contributed by atoms with E-state index >= 15 is 0 Å². The Morgan fingerprint density at radius 2 is 2.07 bits per heavy atom. The lowest BCUT2D eigenvalue weighted by atomic mass is 10.1. The molecule has 0 spiro atoms. The van der Waals surface area contributed by atoms with Crippen molar-refractivity contribution in [1.82, 2.24) is 30.1 Å². The van der Waals surface area contributed by atoms with E-state index in [-0.39, 0.29) is 0 Å². The van der Waals surface area contributed by atoms with Crippen molar-refractivity contribution >= 4 is 17.3 Å². The first-order valence-electron chi connectivity index (χ1n) is 9.20. The van der Waals surface area contributed by atoms with Crippen molar-refractivity contribution in [3.05, 3.63) is 40.5 Å². The standard InChI is InChI=1S/C16H20N6S.C2HF3O2/c1-12-8-14(18-17-12)9-21-5-2-15(3-6-21)22-10-16(19-20-22)13-4-7-23-11-13;3-2(4,5)1(6)7/h4,7-8,10-11,15H,2-3,5-6,9H2,1H3,(H,17,18);(H,6,7). The number of aryl methyl sites for hydroxylation is 1. The summed E-state index contributed by atoms with van der Waals surface area (Å²) >= 11 is 1.69. The van der Waals surface area contributed by atoms with Gasteiger partial charge in [0.2, 0.25) is 0 Å². The molecule has 1 fully saturated rings. The number of halogens is 3. The molecule has 1 saturated heterocycles. The van der Waals surface area contributed by atoms with Crippen molar-refractivity contribution in [2.75, 3.05) is 13.1 Å². The molecule has 30 heavy (non-hydrogen) atoms. The number of carboxylic acid groups (broad SMARTS) is 1. The van der Waals surface area contributed by atoms with Crippen molar-refractivity contribution in [3.8, 4) is 11.3 Å². The van der Waals surface area contributed by atoms with Crippen molar-refractivity contribution in [1.29, 1.82) is 0 Å². The number of rotatable bonds is 4. The first kappa shape index (κ1) is 22.0. The van der Waals surface area contributed by atoms with E-state index in [1.54, 1.807) is 11.3 Å². The summed E-state index contributed by atoms with van der Waals surface area (Å²) in [6.07, 6.45) is -0.787. The fourth-order valence-corrected chi connectivity index (χ4v) is 3.77. The minimum atomic E-state index is -5.08. The first-order valence-corrected chi connectivity index (χ1v) is 10.1. The van der Waals surface area contributed by atoms with E-state index < -0.39 is 12.1 Å². The Labute approximate surface area is 174 Å². The van der Waals surface area contributed by atoms with Crippen LogP contribution in [-0.4, -0.2) is 60.4 Å². The van der Waals surface area contributed by atoms with Gasteiger partial charge in [-0.1, -0.05) is 5.21 Å². The van der Waals surface area contributed by atoms with Gasteiger partial charge >= 0.3 is 12.1 Å². The Balaban J connectivity index is 0.000000318. The van der Waals surface area contributed by atoms with Crippen molar-refractivity contribution < 1.29 is 23.1 Å². The van der Waals surface area contributed by atoms with Gasteiger partial charge in [0, 0.05) is 36.3 Å². The number of carbonyl (C=O) groups is 1. The van der Waals surface area contributed by atoms with Crippen LogP contribution in [0.5, 0.6) is 0 Å². The summed E-state index contributed by atoms with van der Waals surface area (Å²) in [6.45, 7) is 5.11. The van der Waals surface area contributed by atoms with Gasteiger partial charge in [0.15, 0.2) is 0 Å². The van der Waals surface area contributed by atoms with Gasteiger partial charge in [0.25, 0.3) is 0 Å². The molecule has 8 nitrogen and oxygen atoms in total. The molecule has 0 unspecified atom stereocenters. The second kappa shape index (κ2) is 9.39. The highest BCUT2D eigenvalue weighted by Crippen LogP contribution is 2.25. The first-order chi connectivity index (χ1) is 14.2. The van der Waals surface area contributed by atoms with Crippen molar-refractivity contribution in [3.63, 3.8) is 0 Å². The molecule has 4 rings (SSSR count). The monoisotopic (exact) mass is 442 g/mol. The predicted octanol–water partition coefficient (Wildman–Crippen LogP) is 3.51. The number of thiophene rings is 1. The molecular weight excluding hydrogens is 421 g/mol. The van der Waals surface area contributed by atoms with Crippen LogP contribution in [0.3, 0.4) is 0 Å². The molecule has 12 heteroatoms. The highest BCUT2D eigenvalue weighted by Gasteiger charge is 2.38. The van der Waals surface area contributed by atoms with Crippen LogP contribution in [0.1, 0.15) is 30.3 Å². The quantitative estimate of drug-likeness (QED) is 0.642. The number of aliphatic carboxylic acids is 1. The molecule has 0 atom stereocenters. The van der Waals surface area contributed by atoms with Gasteiger partial charge in [-0.2, -0.15) is 29.6 Å². The number of aromatic amines is 1. The molecule has 4 heterocycles. The largest absolute Gasteiger partial charge is 0.490 e. The molecule has 2 N–H and O–H groups in total. The maximum atomic E-state index is 10.6. The highest BCUT2D eigenvalue weighted by atomic mass is 32.1. The zero-order valence-electron chi connectivity index (χ0n) is 16.1. The normalized spacial score (nSPS) is 15.6. The van der Waals surface area contributed by atoms with Crippen LogP contribution in [0.15, 0.2) is 29.1 Å². The summed E-state index contributed by atoms with van der Waals surface area (Å²) in [6, 6.07) is 4.66. The third kappa shape index (κ3) is 5.89. The summed E-state index contributed by atoms with van der Waals surface area (Å²) < 4.78 is 33.8. The lowest BCUT2D eigenvalue weighted by molar-refractivity contribution is -0.192. The molecule has 0 saturated carbocycles. The molecule has 0 aromatic carbocycles. The summed E-state index contributed by atoms with van der Waals surface area (Å²) in [4.78, 5) is 11.4. The Kier molecular flexibility index (Phi) is 6.87. The third-order valence-electron chi connectivity index (χ3n) is 4.65. The predicted molar refractivity (Wildman–Crippen MR) is 104 cm³/mol. The van der Waals surface area contributed by atoms with E-state index in [2.05, 4.69) is 54.5 Å². The third-order valence-corrected chi connectivity index (χ3v) is 5.33. The van der Waals surface area contributed by atoms with E-state index in [0.29, 0.717) is 6.04 Å². The van der Waals surface area contributed by atoms with E-state index in [4.69, 9.17) is 9.90 Å². The average Bonchev–Trinajstić information content (AvgIpc) is 3.43. The van der Waals surface area contributed by atoms with Crippen LogP contribution in [0.25, 0.3) is 11.3 Å². The minimum Gasteiger partial charge on any atom is -0.475 e. The van der Waals surface area contributed by atoms with Gasteiger partial charge in [0.05, 0.1) is 17.9 Å². The number of piperidine rings is 1. The number of nitrogens with one attached hydrogen (secondary N) is 1. The van der Waals surface area contributed by atoms with Crippen LogP contribution < -0.4 is 0 Å². The fraction of sp³-hybridized carbons (Fsp3) is 0.444. The number of aromatic nitrogens is 5. The van der Waals surface area contributed by atoms with E-state index in [0.717, 1.165) is 55.1 Å². The van der Waals surface area contributed by atoms with Crippen LogP contribution >= 0.6 is 11.3 Å². The molecule has 0 aliphatic carbocycles. The van der Waals surface area contributed by atoms with Gasteiger partial charge in [-0.15, -0.1) is 5.10 Å². The number of H-pyrrole nitrogens is 1. The van der Waals surface area contributed by atoms with Crippen LogP contribution in [0.4, 0.5) is 13.2 Å². The molecule has 3 aromatic rings. The number of nitrogens with zero attached hydrogens (tertiary/aromatic N) is 5. The van der Waals surface area contributed by atoms with E-state index in [1.165, 1.54) is 0 Å². The van der Waals surface area contributed by atoms with E-state index in [1.807, 2.05) is 11.6 Å². The number of carboxylic acids is 1. The molecule has 1 aliphatic heterocycles. The summed E-state index contributed by atoms with van der Waals surface area (Å²) in [7, 11) is 0. The number of alkyl halides is 3. The number of hydrogen-bond donors (Lipinski definition) is 2. The van der Waals surface area contributed by atoms with Gasteiger partial charge < -0.3 is 5.11 Å². The minimum absolute atomic E-state index is 0.451. The molecule has 162 valence electrons. The summed E-state index contributed by atoms with van der Waals surface area (Å²) in [5, 5.41) is 27.3. The molecular formula is C18H21F3N6O2S. The Morgan fingerprint density at radius 1 is 1.37 bits per heavy atom. The van der Waals surface area contributed by atoms with Crippen LogP contribution in [-0.2, 0) is 11.3 Å². The van der Waals surface area contributed by atoms with Crippen LogP contribution in [0, 0.1) is 6.92 Å². The zero-order chi connectivity index (χ0) is 21.7. The molecule has 0 radical (unpaired) electrons. The van der Waals surface area contributed by atoms with Crippen molar-refractivity contribution in [2.24, 2.45) is 0 Å². The van der Waals surface area contributed by atoms with Gasteiger partial charge in [-0.25, -0.2) is 9.48 Å². The Hall–Kier alpha value is -2.73. The van der Waals surface area contributed by atoms with E-state index in [9.17, 15) is 13.2 Å². The lowest BCUT2D eigenvalue weighted by Crippen LogP contribution is -2.34. The molecule has 1 aliphatic rings. The lowest BCUT2D eigenvalue weighted by Gasteiger charge is -2.31. The SMILES string of the molecule is Cc1cc(CN2CCC(n3cc(-c4ccsc4)nn3)CC2)n[nH]1.O=C(O)C(F)(F)F. The number of likely N-dealkylation sites (tertiary alicyclic amines) is 1. The Bertz CT molecular complexity index is 945. The maximum absolute atomic E-state index is 10.6. The summed E-state index contributed by atoms with van der Waals surface area (Å²) in [5.74, 6) is -2.76. The smallest absolute Gasteiger partial charge is 0.475 e. The second-order valence-electron chi connectivity index (χ2n) is 6.95. The molecule has 0 bridgehead atoms. The number of hydrogen-bond acceptors (Lipinski definition) is 6. The second-order valence-corrected chi connectivity index (χ2v) is 7.73. The van der Waals surface area contributed by atoms with Crippen LogP contribution in [0.2, 0.25) is 0 Å². The van der Waals surface area contributed by atoms with Gasteiger partial charge in [-0.3, -0.25) is 10.00 Å². The molecule has 0 amide bonds. The summed E-state index contributed by atoms with van der Waals surface area (Å²) in [5.41, 5.74) is 4.38. The average molecular weight is 442 g/mol. The van der Waals surface area contributed by atoms with Gasteiger partial charge in [-0.05, 0) is 37.3 Å². The Morgan fingerprint density at radius 3 is 2.60 bits per heavy atom. The topological polar surface area (TPSA) is 99.9 Å².